The highest BCUT2D eigenvalue weighted by molar-refractivity contribution is 5.95. The first-order valence-corrected chi connectivity index (χ1v) is 3.92. The Hall–Kier alpha value is -1.77. The van der Waals surface area contributed by atoms with Gasteiger partial charge in [0.2, 0.25) is 0 Å². The topological polar surface area (TPSA) is 57.5 Å². The molecule has 3 heteroatoms. The van der Waals surface area contributed by atoms with Crippen LogP contribution >= 0.6 is 0 Å². The van der Waals surface area contributed by atoms with Gasteiger partial charge in [0.15, 0.2) is 0 Å². The largest absolute Gasteiger partial charge is 0.508 e. The van der Waals surface area contributed by atoms with Gasteiger partial charge in [-0.1, -0.05) is 6.07 Å². The van der Waals surface area contributed by atoms with Crippen molar-refractivity contribution >= 4 is 12.0 Å². The lowest BCUT2D eigenvalue weighted by Crippen LogP contribution is -1.99. The lowest BCUT2D eigenvalue weighted by atomic mass is 10.1. The summed E-state index contributed by atoms with van der Waals surface area (Å²) in [6.45, 7) is 0. The fourth-order valence-corrected chi connectivity index (χ4v) is 1.46. The van der Waals surface area contributed by atoms with Crippen LogP contribution in [0.25, 0.3) is 6.08 Å². The standard InChI is InChI=1S/C10H8O3/c11-9-2-1-6-3-8(10(12)13)4-7(6)5-9/h1-2,4-5,11H,3H2,(H,12,13). The van der Waals surface area contributed by atoms with E-state index >= 15 is 0 Å². The number of benzene rings is 1. The summed E-state index contributed by atoms with van der Waals surface area (Å²) >= 11 is 0. The average molecular weight is 176 g/mol. The predicted octanol–water partition coefficient (Wildman–Crippen LogP) is 1.42. The molecule has 0 aliphatic heterocycles. The molecule has 0 amide bonds. The number of carboxylic acids is 1. The van der Waals surface area contributed by atoms with E-state index < -0.39 is 5.97 Å². The molecule has 13 heavy (non-hydrogen) atoms. The molecule has 0 aromatic heterocycles. The molecular weight excluding hydrogens is 168 g/mol. The Morgan fingerprint density at radius 3 is 2.85 bits per heavy atom. The van der Waals surface area contributed by atoms with Gasteiger partial charge in [-0.2, -0.15) is 0 Å². The number of hydrogen-bond acceptors (Lipinski definition) is 2. The third-order valence-corrected chi connectivity index (χ3v) is 2.11. The number of carboxylic acid groups (broad SMARTS) is 1. The first-order chi connectivity index (χ1) is 6.16. The van der Waals surface area contributed by atoms with Crippen LogP contribution in [-0.4, -0.2) is 16.2 Å². The van der Waals surface area contributed by atoms with Crippen LogP contribution in [0.4, 0.5) is 0 Å². The molecule has 0 unspecified atom stereocenters. The summed E-state index contributed by atoms with van der Waals surface area (Å²) in [5.74, 6) is -0.725. The van der Waals surface area contributed by atoms with E-state index in [9.17, 15) is 4.79 Å². The molecule has 3 nitrogen and oxygen atoms in total. The number of hydrogen-bond donors (Lipinski definition) is 2. The Balaban J connectivity index is 2.43. The van der Waals surface area contributed by atoms with Crippen LogP contribution in [0.1, 0.15) is 11.1 Å². The molecule has 0 heterocycles. The van der Waals surface area contributed by atoms with E-state index in [1.165, 1.54) is 0 Å². The second-order valence-electron chi connectivity index (χ2n) is 3.03. The highest BCUT2D eigenvalue weighted by Crippen LogP contribution is 2.27. The SMILES string of the molecule is O=C(O)C1=Cc2cc(O)ccc2C1. The number of rotatable bonds is 1. The Kier molecular flexibility index (Phi) is 1.59. The molecule has 1 aromatic carbocycles. The van der Waals surface area contributed by atoms with Crippen molar-refractivity contribution in [3.63, 3.8) is 0 Å². The summed E-state index contributed by atoms with van der Waals surface area (Å²) < 4.78 is 0. The van der Waals surface area contributed by atoms with E-state index in [-0.39, 0.29) is 5.75 Å². The van der Waals surface area contributed by atoms with E-state index in [4.69, 9.17) is 10.2 Å². The van der Waals surface area contributed by atoms with Crippen molar-refractivity contribution in [2.24, 2.45) is 0 Å². The minimum atomic E-state index is -0.893. The number of aliphatic carboxylic acids is 1. The summed E-state index contributed by atoms with van der Waals surface area (Å²) in [5, 5.41) is 17.9. The molecular formula is C10H8O3. The maximum atomic E-state index is 10.6. The zero-order chi connectivity index (χ0) is 9.42. The summed E-state index contributed by atoms with van der Waals surface area (Å²) in [4.78, 5) is 10.6. The van der Waals surface area contributed by atoms with Crippen molar-refractivity contribution in [3.8, 4) is 5.75 Å². The smallest absolute Gasteiger partial charge is 0.331 e. The van der Waals surface area contributed by atoms with Gasteiger partial charge in [0.1, 0.15) is 5.75 Å². The molecule has 1 aliphatic carbocycles. The van der Waals surface area contributed by atoms with Gasteiger partial charge in [-0.3, -0.25) is 0 Å². The fourth-order valence-electron chi connectivity index (χ4n) is 1.46. The van der Waals surface area contributed by atoms with Crippen LogP contribution in [0.2, 0.25) is 0 Å². The number of aromatic hydroxyl groups is 1. The van der Waals surface area contributed by atoms with E-state index in [1.54, 1.807) is 24.3 Å². The molecule has 0 bridgehead atoms. The first kappa shape index (κ1) is 7.86. The highest BCUT2D eigenvalue weighted by Gasteiger charge is 2.17. The molecule has 0 saturated carbocycles. The van der Waals surface area contributed by atoms with Gasteiger partial charge in [-0.25, -0.2) is 4.79 Å². The molecule has 0 spiro atoms. The predicted molar refractivity (Wildman–Crippen MR) is 47.4 cm³/mol. The minimum absolute atomic E-state index is 0.168. The Bertz CT molecular complexity index is 405. The van der Waals surface area contributed by atoms with Gasteiger partial charge in [-0.15, -0.1) is 0 Å². The van der Waals surface area contributed by atoms with Gasteiger partial charge in [0, 0.05) is 12.0 Å². The number of phenols is 1. The van der Waals surface area contributed by atoms with Crippen molar-refractivity contribution in [1.82, 2.24) is 0 Å². The monoisotopic (exact) mass is 176 g/mol. The van der Waals surface area contributed by atoms with Crippen LogP contribution in [0.5, 0.6) is 5.75 Å². The molecule has 2 rings (SSSR count). The normalized spacial score (nSPS) is 13.7. The summed E-state index contributed by atoms with van der Waals surface area (Å²) in [5.41, 5.74) is 2.13. The second kappa shape index (κ2) is 2.62. The van der Waals surface area contributed by atoms with Crippen molar-refractivity contribution < 1.29 is 15.0 Å². The first-order valence-electron chi connectivity index (χ1n) is 3.92. The number of phenolic OH excluding ortho intramolecular Hbond substituents is 1. The molecule has 1 aromatic rings. The maximum absolute atomic E-state index is 10.6. The van der Waals surface area contributed by atoms with Crippen molar-refractivity contribution in [1.29, 1.82) is 0 Å². The van der Waals surface area contributed by atoms with Crippen LogP contribution < -0.4 is 0 Å². The lowest BCUT2D eigenvalue weighted by Gasteiger charge is -1.97. The Morgan fingerprint density at radius 1 is 1.38 bits per heavy atom. The quantitative estimate of drug-likeness (QED) is 0.680. The highest BCUT2D eigenvalue weighted by atomic mass is 16.4. The number of fused-ring (bicyclic) bond motifs is 1. The summed E-state index contributed by atoms with van der Waals surface area (Å²) in [6, 6.07) is 4.89. The molecule has 1 aliphatic rings. The van der Waals surface area contributed by atoms with E-state index in [0.717, 1.165) is 11.1 Å². The fraction of sp³-hybridized carbons (Fsp3) is 0.100. The molecule has 0 atom stereocenters. The van der Waals surface area contributed by atoms with Crippen LogP contribution in [0, 0.1) is 0 Å². The Morgan fingerprint density at radius 2 is 2.15 bits per heavy atom. The second-order valence-corrected chi connectivity index (χ2v) is 3.03. The molecule has 66 valence electrons. The summed E-state index contributed by atoms with van der Waals surface area (Å²) in [7, 11) is 0. The average Bonchev–Trinajstić information content (AvgIpc) is 2.46. The molecule has 0 radical (unpaired) electrons. The zero-order valence-corrected chi connectivity index (χ0v) is 6.82. The van der Waals surface area contributed by atoms with Crippen LogP contribution in [0.3, 0.4) is 0 Å². The molecule has 0 saturated heterocycles. The van der Waals surface area contributed by atoms with E-state index in [1.807, 2.05) is 0 Å². The van der Waals surface area contributed by atoms with E-state index in [0.29, 0.717) is 12.0 Å². The van der Waals surface area contributed by atoms with Crippen molar-refractivity contribution in [3.05, 3.63) is 34.9 Å². The van der Waals surface area contributed by atoms with Crippen molar-refractivity contribution in [2.75, 3.05) is 0 Å². The third kappa shape index (κ3) is 1.28. The van der Waals surface area contributed by atoms with Gasteiger partial charge in [0.25, 0.3) is 0 Å². The van der Waals surface area contributed by atoms with Gasteiger partial charge < -0.3 is 10.2 Å². The molecule has 2 N–H and O–H groups in total. The van der Waals surface area contributed by atoms with Crippen LogP contribution in [-0.2, 0) is 11.2 Å². The van der Waals surface area contributed by atoms with Gasteiger partial charge >= 0.3 is 5.97 Å². The molecule has 0 fully saturated rings. The Labute approximate surface area is 74.9 Å². The van der Waals surface area contributed by atoms with E-state index in [2.05, 4.69) is 0 Å². The van der Waals surface area contributed by atoms with Crippen molar-refractivity contribution in [2.45, 2.75) is 6.42 Å². The minimum Gasteiger partial charge on any atom is -0.508 e. The van der Waals surface area contributed by atoms with Crippen LogP contribution in [0.15, 0.2) is 23.8 Å². The van der Waals surface area contributed by atoms with Gasteiger partial charge in [-0.05, 0) is 29.3 Å². The third-order valence-electron chi connectivity index (χ3n) is 2.11. The zero-order valence-electron chi connectivity index (χ0n) is 6.82. The summed E-state index contributed by atoms with van der Waals surface area (Å²) in [6.07, 6.45) is 2.04. The maximum Gasteiger partial charge on any atom is 0.331 e. The lowest BCUT2D eigenvalue weighted by molar-refractivity contribution is -0.132. The number of carbonyl (C=O) groups is 1. The van der Waals surface area contributed by atoms with Gasteiger partial charge in [0.05, 0.1) is 0 Å².